The number of phenols is 1. The molecule has 0 atom stereocenters. The molecule has 0 unspecified atom stereocenters. The van der Waals surface area contributed by atoms with Crippen molar-refractivity contribution in [3.05, 3.63) is 94.5 Å². The number of fused-ring (bicyclic) bond motifs is 1. The van der Waals surface area contributed by atoms with Gasteiger partial charge in [-0.2, -0.15) is 0 Å². The number of nitro benzene ring substituents is 1. The zero-order chi connectivity index (χ0) is 23.4. The van der Waals surface area contributed by atoms with Crippen LogP contribution >= 0.6 is 0 Å². The van der Waals surface area contributed by atoms with Gasteiger partial charge in [0, 0.05) is 11.1 Å². The number of methoxy groups -OCH3 is 1. The number of amides is 1. The number of nitrogens with one attached hydrogen (secondary N) is 1. The van der Waals surface area contributed by atoms with Gasteiger partial charge in [0.1, 0.15) is 11.4 Å². The highest BCUT2D eigenvalue weighted by atomic mass is 16.6. The van der Waals surface area contributed by atoms with E-state index in [0.717, 1.165) is 0 Å². The minimum absolute atomic E-state index is 0.00395. The van der Waals surface area contributed by atoms with Crippen LogP contribution in [-0.4, -0.2) is 23.0 Å². The molecule has 4 aromatic carbocycles. The number of para-hydroxylation sites is 1. The molecule has 9 heteroatoms. The number of nitro groups is 1. The van der Waals surface area contributed by atoms with E-state index in [-0.39, 0.29) is 28.4 Å². The molecule has 164 valence electrons. The number of benzene rings is 4. The highest BCUT2D eigenvalue weighted by molar-refractivity contribution is 6.11. The van der Waals surface area contributed by atoms with Crippen molar-refractivity contribution in [3.8, 4) is 11.5 Å². The maximum atomic E-state index is 12.9. The van der Waals surface area contributed by atoms with E-state index in [1.807, 2.05) is 6.07 Å². The molecule has 0 bridgehead atoms. The lowest BCUT2D eigenvalue weighted by Crippen LogP contribution is -2.12. The summed E-state index contributed by atoms with van der Waals surface area (Å²) >= 11 is 0. The fourth-order valence-corrected chi connectivity index (χ4v) is 3.28. The second-order valence-electron chi connectivity index (χ2n) is 6.97. The Labute approximate surface area is 188 Å². The first kappa shape index (κ1) is 21.4. The predicted molar refractivity (Wildman–Crippen MR) is 124 cm³/mol. The molecule has 9 nitrogen and oxygen atoms in total. The molecule has 0 fully saturated rings. The Bertz CT molecular complexity index is 1390. The van der Waals surface area contributed by atoms with Gasteiger partial charge < -0.3 is 15.2 Å². The maximum Gasteiger partial charge on any atom is 0.300 e. The molecule has 0 radical (unpaired) electrons. The van der Waals surface area contributed by atoms with E-state index in [4.69, 9.17) is 4.74 Å². The Hall–Kier alpha value is -4.79. The Kier molecular flexibility index (Phi) is 5.94. The molecule has 0 aliphatic heterocycles. The van der Waals surface area contributed by atoms with Crippen LogP contribution in [-0.2, 0) is 0 Å². The fraction of sp³-hybridized carbons (Fsp3) is 0.0417. The van der Waals surface area contributed by atoms with Crippen molar-refractivity contribution in [3.63, 3.8) is 0 Å². The third kappa shape index (κ3) is 4.47. The normalized spacial score (nSPS) is 10.9. The SMILES string of the molecule is COc1ccc(N=Nc2c(O)c(C(=O)Nc3ccccc3)cc3ccccc23)c([N+](=O)[O-])c1. The number of hydrogen-bond donors (Lipinski definition) is 2. The van der Waals surface area contributed by atoms with Crippen molar-refractivity contribution in [2.24, 2.45) is 10.2 Å². The topological polar surface area (TPSA) is 126 Å². The predicted octanol–water partition coefficient (Wildman–Crippen LogP) is 6.13. The molecule has 0 aromatic heterocycles. The van der Waals surface area contributed by atoms with Gasteiger partial charge >= 0.3 is 0 Å². The molecular formula is C24H18N4O5. The quantitative estimate of drug-likeness (QED) is 0.211. The van der Waals surface area contributed by atoms with Gasteiger partial charge in [0.25, 0.3) is 11.6 Å². The summed E-state index contributed by atoms with van der Waals surface area (Å²) in [6, 6.07) is 21.5. The summed E-state index contributed by atoms with van der Waals surface area (Å²) in [5.41, 5.74) is 0.252. The third-order valence-corrected chi connectivity index (χ3v) is 4.91. The maximum absolute atomic E-state index is 12.9. The van der Waals surface area contributed by atoms with Gasteiger partial charge in [-0.1, -0.05) is 42.5 Å². The summed E-state index contributed by atoms with van der Waals surface area (Å²) < 4.78 is 5.03. The summed E-state index contributed by atoms with van der Waals surface area (Å²) in [6.45, 7) is 0. The van der Waals surface area contributed by atoms with Crippen LogP contribution in [0.1, 0.15) is 10.4 Å². The lowest BCUT2D eigenvalue weighted by Gasteiger charge is -2.11. The zero-order valence-corrected chi connectivity index (χ0v) is 17.4. The summed E-state index contributed by atoms with van der Waals surface area (Å²) in [5, 5.41) is 34.4. The van der Waals surface area contributed by atoms with Crippen LogP contribution in [0.5, 0.6) is 11.5 Å². The van der Waals surface area contributed by atoms with Crippen LogP contribution in [0.2, 0.25) is 0 Å². The Morgan fingerprint density at radius 1 is 1.00 bits per heavy atom. The lowest BCUT2D eigenvalue weighted by atomic mass is 10.0. The van der Waals surface area contributed by atoms with Crippen LogP contribution in [0.15, 0.2) is 89.1 Å². The number of hydrogen-bond acceptors (Lipinski definition) is 7. The number of carbonyl (C=O) groups is 1. The van der Waals surface area contributed by atoms with Crippen molar-refractivity contribution in [2.45, 2.75) is 0 Å². The molecule has 0 aliphatic rings. The van der Waals surface area contributed by atoms with Gasteiger partial charge in [-0.3, -0.25) is 14.9 Å². The van der Waals surface area contributed by atoms with Crippen molar-refractivity contribution in [1.29, 1.82) is 0 Å². The molecule has 33 heavy (non-hydrogen) atoms. The molecule has 4 aromatic rings. The lowest BCUT2D eigenvalue weighted by molar-refractivity contribution is -0.384. The van der Waals surface area contributed by atoms with E-state index in [2.05, 4.69) is 15.5 Å². The number of rotatable bonds is 6. The second-order valence-corrected chi connectivity index (χ2v) is 6.97. The number of ether oxygens (including phenoxy) is 1. The number of nitrogens with zero attached hydrogens (tertiary/aromatic N) is 3. The van der Waals surface area contributed by atoms with Crippen molar-refractivity contribution in [2.75, 3.05) is 12.4 Å². The van der Waals surface area contributed by atoms with Crippen molar-refractivity contribution >= 4 is 39.4 Å². The van der Waals surface area contributed by atoms with E-state index in [0.29, 0.717) is 22.2 Å². The number of anilines is 1. The molecule has 2 N–H and O–H groups in total. The van der Waals surface area contributed by atoms with E-state index < -0.39 is 10.8 Å². The van der Waals surface area contributed by atoms with E-state index >= 15 is 0 Å². The Morgan fingerprint density at radius 3 is 2.45 bits per heavy atom. The first-order chi connectivity index (χ1) is 16.0. The molecule has 0 aliphatic carbocycles. The van der Waals surface area contributed by atoms with Gasteiger partial charge in [-0.15, -0.1) is 10.2 Å². The summed E-state index contributed by atoms with van der Waals surface area (Å²) in [6.07, 6.45) is 0. The first-order valence-corrected chi connectivity index (χ1v) is 9.83. The van der Waals surface area contributed by atoms with Crippen LogP contribution in [0.3, 0.4) is 0 Å². The van der Waals surface area contributed by atoms with Gasteiger partial charge in [0.2, 0.25) is 0 Å². The average Bonchev–Trinajstić information content (AvgIpc) is 2.83. The number of carbonyl (C=O) groups excluding carboxylic acids is 1. The van der Waals surface area contributed by atoms with Crippen molar-refractivity contribution < 1.29 is 19.6 Å². The fourth-order valence-electron chi connectivity index (χ4n) is 3.28. The minimum atomic E-state index is -0.599. The summed E-state index contributed by atoms with van der Waals surface area (Å²) in [7, 11) is 1.40. The molecule has 1 amide bonds. The second kappa shape index (κ2) is 9.15. The first-order valence-electron chi connectivity index (χ1n) is 9.83. The summed E-state index contributed by atoms with van der Waals surface area (Å²) in [5.74, 6) is -0.619. The Balaban J connectivity index is 1.80. The number of phenolic OH excluding ortho intramolecular Hbond substituents is 1. The van der Waals surface area contributed by atoms with Gasteiger partial charge in [-0.05, 0) is 35.7 Å². The van der Waals surface area contributed by atoms with Crippen LogP contribution < -0.4 is 10.1 Å². The van der Waals surface area contributed by atoms with Crippen LogP contribution in [0.4, 0.5) is 22.7 Å². The van der Waals surface area contributed by atoms with E-state index in [1.54, 1.807) is 54.6 Å². The molecule has 0 saturated heterocycles. The zero-order valence-electron chi connectivity index (χ0n) is 17.4. The highest BCUT2D eigenvalue weighted by Gasteiger charge is 2.20. The smallest absolute Gasteiger partial charge is 0.300 e. The largest absolute Gasteiger partial charge is 0.505 e. The highest BCUT2D eigenvalue weighted by Crippen LogP contribution is 2.40. The van der Waals surface area contributed by atoms with Gasteiger partial charge in [0.15, 0.2) is 11.4 Å². The monoisotopic (exact) mass is 442 g/mol. The molecule has 0 heterocycles. The Morgan fingerprint density at radius 2 is 1.73 bits per heavy atom. The number of aromatic hydroxyl groups is 1. The minimum Gasteiger partial charge on any atom is -0.505 e. The standard InChI is InChI=1S/C24H18N4O5/c1-33-17-11-12-20(21(14-17)28(31)32)26-27-22-18-10-6-5-7-15(18)13-19(23(22)29)24(30)25-16-8-3-2-4-9-16/h2-14,29H,1H3,(H,25,30). The molecule has 0 saturated carbocycles. The van der Waals surface area contributed by atoms with Crippen LogP contribution in [0, 0.1) is 10.1 Å². The van der Waals surface area contributed by atoms with E-state index in [1.165, 1.54) is 25.3 Å². The van der Waals surface area contributed by atoms with Gasteiger partial charge in [-0.25, -0.2) is 0 Å². The van der Waals surface area contributed by atoms with Gasteiger partial charge in [0.05, 0.1) is 23.7 Å². The summed E-state index contributed by atoms with van der Waals surface area (Å²) in [4.78, 5) is 23.7. The van der Waals surface area contributed by atoms with Crippen molar-refractivity contribution in [1.82, 2.24) is 0 Å². The molecular weight excluding hydrogens is 424 g/mol. The van der Waals surface area contributed by atoms with Crippen LogP contribution in [0.25, 0.3) is 10.8 Å². The third-order valence-electron chi connectivity index (χ3n) is 4.91. The van der Waals surface area contributed by atoms with E-state index in [9.17, 15) is 20.0 Å². The average molecular weight is 442 g/mol. The number of azo groups is 1. The molecule has 0 spiro atoms. The molecule has 4 rings (SSSR count).